The van der Waals surface area contributed by atoms with E-state index in [4.69, 9.17) is 4.74 Å². The molecule has 1 amide bonds. The quantitative estimate of drug-likeness (QED) is 0.461. The first-order valence-electron chi connectivity index (χ1n) is 7.14. The average Bonchev–Trinajstić information content (AvgIpc) is 2.52. The van der Waals surface area contributed by atoms with E-state index in [1.807, 2.05) is 0 Å². The molecule has 2 rings (SSSR count). The molecule has 0 aliphatic rings. The average molecular weight is 333 g/mol. The van der Waals surface area contributed by atoms with Gasteiger partial charge in [-0.1, -0.05) is 6.07 Å². The van der Waals surface area contributed by atoms with Gasteiger partial charge >= 0.3 is 0 Å². The van der Waals surface area contributed by atoms with E-state index in [-0.39, 0.29) is 30.4 Å². The Balaban J connectivity index is 1.89. The standard InChI is InChI=1S/C16H16FN3O4/c1-11(21)19-13-3-2-4-14(10-13)24-8-7-18-15-6-5-12(17)9-16(15)20(22)23/h2-6,9-10,18H,7-8H2,1H3,(H,19,21). The molecule has 0 bridgehead atoms. The summed E-state index contributed by atoms with van der Waals surface area (Å²) in [6.07, 6.45) is 0. The summed E-state index contributed by atoms with van der Waals surface area (Å²) < 4.78 is 18.6. The minimum Gasteiger partial charge on any atom is -0.492 e. The van der Waals surface area contributed by atoms with E-state index in [2.05, 4.69) is 10.6 Å². The molecule has 0 aliphatic heterocycles. The van der Waals surface area contributed by atoms with Gasteiger partial charge in [-0.15, -0.1) is 0 Å². The van der Waals surface area contributed by atoms with Crippen LogP contribution < -0.4 is 15.4 Å². The number of halogens is 1. The zero-order chi connectivity index (χ0) is 17.5. The van der Waals surface area contributed by atoms with Crippen molar-refractivity contribution in [3.05, 3.63) is 58.4 Å². The van der Waals surface area contributed by atoms with Crippen molar-refractivity contribution in [2.75, 3.05) is 23.8 Å². The van der Waals surface area contributed by atoms with Crippen molar-refractivity contribution in [1.82, 2.24) is 0 Å². The number of hydrogen-bond acceptors (Lipinski definition) is 5. The van der Waals surface area contributed by atoms with E-state index in [1.165, 1.54) is 13.0 Å². The molecule has 0 aliphatic carbocycles. The lowest BCUT2D eigenvalue weighted by Gasteiger charge is -2.10. The highest BCUT2D eigenvalue weighted by atomic mass is 19.1. The number of nitro groups is 1. The highest BCUT2D eigenvalue weighted by Crippen LogP contribution is 2.24. The lowest BCUT2D eigenvalue weighted by atomic mass is 10.2. The summed E-state index contributed by atoms with van der Waals surface area (Å²) >= 11 is 0. The van der Waals surface area contributed by atoms with Crippen molar-refractivity contribution in [2.24, 2.45) is 0 Å². The molecule has 8 heteroatoms. The normalized spacial score (nSPS) is 10.1. The summed E-state index contributed by atoms with van der Waals surface area (Å²) in [5.41, 5.74) is 0.502. The third kappa shape index (κ3) is 4.94. The van der Waals surface area contributed by atoms with Gasteiger partial charge in [0.15, 0.2) is 0 Å². The predicted octanol–water partition coefficient (Wildman–Crippen LogP) is 3.18. The Bertz CT molecular complexity index is 752. The van der Waals surface area contributed by atoms with Gasteiger partial charge in [-0.2, -0.15) is 0 Å². The monoisotopic (exact) mass is 333 g/mol. The lowest BCUT2D eigenvalue weighted by molar-refractivity contribution is -0.384. The van der Waals surface area contributed by atoms with Crippen LogP contribution in [0.2, 0.25) is 0 Å². The number of amides is 1. The number of anilines is 2. The summed E-state index contributed by atoms with van der Waals surface area (Å²) in [7, 11) is 0. The third-order valence-corrected chi connectivity index (χ3v) is 3.00. The van der Waals surface area contributed by atoms with E-state index in [0.717, 1.165) is 12.1 Å². The molecule has 0 aromatic heterocycles. The number of nitrogens with one attached hydrogen (secondary N) is 2. The molecule has 2 aromatic rings. The molecular weight excluding hydrogens is 317 g/mol. The van der Waals surface area contributed by atoms with Crippen molar-refractivity contribution in [3.63, 3.8) is 0 Å². The molecule has 0 spiro atoms. The molecule has 0 saturated carbocycles. The van der Waals surface area contributed by atoms with Gasteiger partial charge in [0.05, 0.1) is 11.0 Å². The molecule has 2 aromatic carbocycles. The maximum Gasteiger partial charge on any atom is 0.295 e. The van der Waals surface area contributed by atoms with E-state index in [0.29, 0.717) is 11.4 Å². The zero-order valence-corrected chi connectivity index (χ0v) is 12.9. The summed E-state index contributed by atoms with van der Waals surface area (Å²) in [4.78, 5) is 21.2. The Hall–Kier alpha value is -3.16. The van der Waals surface area contributed by atoms with Crippen molar-refractivity contribution >= 4 is 23.0 Å². The van der Waals surface area contributed by atoms with Gasteiger partial charge in [0.25, 0.3) is 5.69 Å². The second-order valence-electron chi connectivity index (χ2n) is 4.90. The highest BCUT2D eigenvalue weighted by molar-refractivity contribution is 5.88. The summed E-state index contributed by atoms with van der Waals surface area (Å²) in [6.45, 7) is 1.93. The van der Waals surface area contributed by atoms with Crippen LogP contribution >= 0.6 is 0 Å². The Labute approximate surface area is 137 Å². The molecule has 0 heterocycles. The van der Waals surface area contributed by atoms with Crippen LogP contribution in [0, 0.1) is 15.9 Å². The molecule has 126 valence electrons. The fourth-order valence-electron chi connectivity index (χ4n) is 2.03. The molecular formula is C16H16FN3O4. The van der Waals surface area contributed by atoms with Crippen LogP contribution in [0.3, 0.4) is 0 Å². The van der Waals surface area contributed by atoms with Gasteiger partial charge < -0.3 is 15.4 Å². The van der Waals surface area contributed by atoms with E-state index < -0.39 is 10.7 Å². The van der Waals surface area contributed by atoms with Crippen LogP contribution in [-0.2, 0) is 4.79 Å². The zero-order valence-electron chi connectivity index (χ0n) is 12.9. The van der Waals surface area contributed by atoms with Crippen molar-refractivity contribution in [2.45, 2.75) is 6.92 Å². The number of rotatable bonds is 7. The maximum absolute atomic E-state index is 13.1. The summed E-state index contributed by atoms with van der Waals surface area (Å²) in [5, 5.41) is 16.4. The van der Waals surface area contributed by atoms with Gasteiger partial charge in [0.1, 0.15) is 23.9 Å². The number of carbonyl (C=O) groups is 1. The molecule has 0 saturated heterocycles. The Morgan fingerprint density at radius 1 is 1.29 bits per heavy atom. The first-order chi connectivity index (χ1) is 11.5. The molecule has 2 N–H and O–H groups in total. The number of nitrogens with zero attached hydrogens (tertiary/aromatic N) is 1. The number of nitro benzene ring substituents is 1. The van der Waals surface area contributed by atoms with Crippen molar-refractivity contribution in [1.29, 1.82) is 0 Å². The van der Waals surface area contributed by atoms with E-state index in [1.54, 1.807) is 24.3 Å². The van der Waals surface area contributed by atoms with Gasteiger partial charge in [0.2, 0.25) is 5.91 Å². The highest BCUT2D eigenvalue weighted by Gasteiger charge is 2.14. The smallest absolute Gasteiger partial charge is 0.295 e. The van der Waals surface area contributed by atoms with Crippen LogP contribution in [0.15, 0.2) is 42.5 Å². The lowest BCUT2D eigenvalue weighted by Crippen LogP contribution is -2.13. The summed E-state index contributed by atoms with van der Waals surface area (Å²) in [6, 6.07) is 10.2. The molecule has 0 radical (unpaired) electrons. The summed E-state index contributed by atoms with van der Waals surface area (Å²) in [5.74, 6) is -0.299. The predicted molar refractivity (Wildman–Crippen MR) is 87.8 cm³/mol. The molecule has 0 fully saturated rings. The molecule has 24 heavy (non-hydrogen) atoms. The number of carbonyl (C=O) groups excluding carboxylic acids is 1. The fourth-order valence-corrected chi connectivity index (χ4v) is 2.03. The van der Waals surface area contributed by atoms with Crippen LogP contribution in [0.4, 0.5) is 21.5 Å². The van der Waals surface area contributed by atoms with Gasteiger partial charge in [-0.3, -0.25) is 14.9 Å². The largest absolute Gasteiger partial charge is 0.492 e. The number of benzene rings is 2. The van der Waals surface area contributed by atoms with E-state index in [9.17, 15) is 19.3 Å². The van der Waals surface area contributed by atoms with Gasteiger partial charge in [-0.05, 0) is 24.3 Å². The topological polar surface area (TPSA) is 93.5 Å². The van der Waals surface area contributed by atoms with Crippen LogP contribution in [-0.4, -0.2) is 24.0 Å². The second kappa shape index (κ2) is 7.91. The maximum atomic E-state index is 13.1. The van der Waals surface area contributed by atoms with E-state index >= 15 is 0 Å². The van der Waals surface area contributed by atoms with Crippen molar-refractivity contribution < 1.29 is 18.8 Å². The van der Waals surface area contributed by atoms with Gasteiger partial charge in [-0.25, -0.2) is 4.39 Å². The SMILES string of the molecule is CC(=O)Nc1cccc(OCCNc2ccc(F)cc2[N+](=O)[O-])c1. The first-order valence-corrected chi connectivity index (χ1v) is 7.14. The fraction of sp³-hybridized carbons (Fsp3) is 0.188. The minimum atomic E-state index is -0.668. The Kier molecular flexibility index (Phi) is 5.67. The van der Waals surface area contributed by atoms with Crippen LogP contribution in [0.25, 0.3) is 0 Å². The Morgan fingerprint density at radius 3 is 2.79 bits per heavy atom. The molecule has 0 atom stereocenters. The van der Waals surface area contributed by atoms with Crippen LogP contribution in [0.1, 0.15) is 6.92 Å². The second-order valence-corrected chi connectivity index (χ2v) is 4.90. The minimum absolute atomic E-state index is 0.183. The first kappa shape index (κ1) is 17.2. The number of ether oxygens (including phenoxy) is 1. The molecule has 0 unspecified atom stereocenters. The Morgan fingerprint density at radius 2 is 2.08 bits per heavy atom. The third-order valence-electron chi connectivity index (χ3n) is 3.00. The molecule has 7 nitrogen and oxygen atoms in total. The van der Waals surface area contributed by atoms with Crippen molar-refractivity contribution in [3.8, 4) is 5.75 Å². The van der Waals surface area contributed by atoms with Crippen LogP contribution in [0.5, 0.6) is 5.75 Å². The van der Waals surface area contributed by atoms with Gasteiger partial charge in [0, 0.05) is 25.2 Å². The number of hydrogen-bond donors (Lipinski definition) is 2.